The Kier molecular flexibility index (Phi) is 6.55. The number of sulfonamides is 1. The molecule has 0 bridgehead atoms. The van der Waals surface area contributed by atoms with Crippen LogP contribution in [0.25, 0.3) is 5.76 Å². The topological polar surface area (TPSA) is 125 Å². The van der Waals surface area contributed by atoms with Gasteiger partial charge < -0.3 is 19.6 Å². The zero-order chi connectivity index (χ0) is 28.2. The Labute approximate surface area is 232 Å². The summed E-state index contributed by atoms with van der Waals surface area (Å²) in [6, 6.07) is 12.6. The third-order valence-corrected chi connectivity index (χ3v) is 10.3. The smallest absolute Gasteiger partial charge is 0.296 e. The van der Waals surface area contributed by atoms with Gasteiger partial charge in [-0.2, -0.15) is 4.31 Å². The molecule has 2 aromatic carbocycles. The number of rotatable bonds is 5. The fourth-order valence-electron chi connectivity index (χ4n) is 6.42. The summed E-state index contributed by atoms with van der Waals surface area (Å²) >= 11 is 0. The molecule has 0 aliphatic carbocycles. The number of carbonyl (C=O) groups excluding carboxylic acids is 3. The summed E-state index contributed by atoms with van der Waals surface area (Å²) in [5.74, 6) is -3.06. The molecular formula is C29H31N3O7S. The van der Waals surface area contributed by atoms with Crippen molar-refractivity contribution in [3.8, 4) is 0 Å². The SMILES string of the molecule is CN1C(=O)C2(/C(=C(/O)c3cccc(S(=O)(=O)N4CCCCC4)c3)C(=O)C(=O)N2CC2CCCO2)c2ccccc21. The van der Waals surface area contributed by atoms with E-state index in [4.69, 9.17) is 4.74 Å². The van der Waals surface area contributed by atoms with E-state index in [9.17, 15) is 27.9 Å². The highest BCUT2D eigenvalue weighted by Gasteiger charge is 2.67. The van der Waals surface area contributed by atoms with Crippen LogP contribution in [0.5, 0.6) is 0 Å². The third kappa shape index (κ3) is 3.82. The van der Waals surface area contributed by atoms with Gasteiger partial charge in [-0.15, -0.1) is 0 Å². The van der Waals surface area contributed by atoms with Gasteiger partial charge in [0.1, 0.15) is 5.76 Å². The molecule has 210 valence electrons. The highest BCUT2D eigenvalue weighted by Crippen LogP contribution is 2.53. The number of fused-ring (bicyclic) bond motifs is 2. The molecule has 0 aromatic heterocycles. The van der Waals surface area contributed by atoms with E-state index in [0.717, 1.165) is 25.7 Å². The van der Waals surface area contributed by atoms with Gasteiger partial charge in [0.15, 0.2) is 5.54 Å². The number of likely N-dealkylation sites (N-methyl/N-ethyl adjacent to an activating group) is 1. The second-order valence-corrected chi connectivity index (χ2v) is 12.6. The first-order valence-electron chi connectivity index (χ1n) is 13.6. The summed E-state index contributed by atoms with van der Waals surface area (Å²) in [7, 11) is -2.28. The highest BCUT2D eigenvalue weighted by molar-refractivity contribution is 7.89. The fourth-order valence-corrected chi connectivity index (χ4v) is 7.98. The Morgan fingerprint density at radius 3 is 2.50 bits per heavy atom. The number of ether oxygens (including phenoxy) is 1. The van der Waals surface area contributed by atoms with Crippen molar-refractivity contribution in [2.45, 2.75) is 48.6 Å². The second kappa shape index (κ2) is 9.83. The number of benzene rings is 2. The molecule has 10 nitrogen and oxygen atoms in total. The van der Waals surface area contributed by atoms with Crippen LogP contribution in [0.1, 0.15) is 43.2 Å². The highest BCUT2D eigenvalue weighted by atomic mass is 32.2. The van der Waals surface area contributed by atoms with Crippen LogP contribution < -0.4 is 4.90 Å². The number of amides is 2. The first kappa shape index (κ1) is 26.7. The summed E-state index contributed by atoms with van der Waals surface area (Å²) in [4.78, 5) is 44.0. The van der Waals surface area contributed by atoms with Gasteiger partial charge in [0.2, 0.25) is 10.0 Å². The number of hydrogen-bond acceptors (Lipinski definition) is 7. The summed E-state index contributed by atoms with van der Waals surface area (Å²) in [5.41, 5.74) is -1.33. The molecule has 2 amide bonds. The average Bonchev–Trinajstić information content (AvgIpc) is 3.63. The van der Waals surface area contributed by atoms with Crippen molar-refractivity contribution < 1.29 is 32.6 Å². The molecule has 3 fully saturated rings. The number of para-hydroxylation sites is 1. The van der Waals surface area contributed by atoms with E-state index < -0.39 is 38.9 Å². The molecule has 4 aliphatic rings. The summed E-state index contributed by atoms with van der Waals surface area (Å²) in [6.07, 6.45) is 3.60. The number of aliphatic hydroxyl groups excluding tert-OH is 1. The van der Waals surface area contributed by atoms with E-state index in [0.29, 0.717) is 37.4 Å². The van der Waals surface area contributed by atoms with Gasteiger partial charge in [-0.05, 0) is 43.9 Å². The first-order valence-corrected chi connectivity index (χ1v) is 15.0. The maximum absolute atomic E-state index is 14.1. The number of anilines is 1. The lowest BCUT2D eigenvalue weighted by Gasteiger charge is -2.35. The van der Waals surface area contributed by atoms with Gasteiger partial charge >= 0.3 is 0 Å². The van der Waals surface area contributed by atoms with Gasteiger partial charge in [-0.1, -0.05) is 36.8 Å². The number of Topliss-reactive ketones (excluding diaryl/α,β-unsaturated/α-hetero) is 1. The van der Waals surface area contributed by atoms with E-state index in [1.165, 1.54) is 38.4 Å². The number of ketones is 1. The molecule has 40 heavy (non-hydrogen) atoms. The largest absolute Gasteiger partial charge is 0.507 e. The van der Waals surface area contributed by atoms with Crippen molar-refractivity contribution >= 4 is 39.1 Å². The number of likely N-dealkylation sites (tertiary alicyclic amines) is 1. The molecule has 4 aliphatic heterocycles. The Morgan fingerprint density at radius 1 is 1.02 bits per heavy atom. The molecule has 6 rings (SSSR count). The standard InChI is InChI=1S/C29H31N3O7S/c1-30-23-13-4-3-12-22(23)29(28(30)36)24(26(34)27(35)32(29)18-20-10-8-16-39-20)25(33)19-9-7-11-21(17-19)40(37,38)31-14-5-2-6-15-31/h3-4,7,9,11-13,17,20,33H,2,5-6,8,10,14-16,18H2,1H3/b25-24+. The van der Waals surface area contributed by atoms with Gasteiger partial charge in [-0.3, -0.25) is 14.4 Å². The van der Waals surface area contributed by atoms with Crippen LogP contribution in [-0.4, -0.2) is 79.7 Å². The molecule has 1 spiro atoms. The van der Waals surface area contributed by atoms with Crippen LogP contribution in [0.15, 0.2) is 59.0 Å². The van der Waals surface area contributed by atoms with Crippen LogP contribution in [0.2, 0.25) is 0 Å². The summed E-state index contributed by atoms with van der Waals surface area (Å²) in [5, 5.41) is 11.7. The van der Waals surface area contributed by atoms with E-state index in [-0.39, 0.29) is 28.7 Å². The number of aliphatic hydroxyl groups is 1. The van der Waals surface area contributed by atoms with Crippen molar-refractivity contribution in [2.24, 2.45) is 0 Å². The lowest BCUT2D eigenvalue weighted by Crippen LogP contribution is -2.53. The second-order valence-electron chi connectivity index (χ2n) is 10.7. The number of piperidine rings is 1. The maximum atomic E-state index is 14.1. The Bertz CT molecular complexity index is 1540. The van der Waals surface area contributed by atoms with Crippen molar-refractivity contribution in [2.75, 3.05) is 38.2 Å². The predicted octanol–water partition coefficient (Wildman–Crippen LogP) is 2.59. The predicted molar refractivity (Wildman–Crippen MR) is 146 cm³/mol. The number of nitrogens with zero attached hydrogens (tertiary/aromatic N) is 3. The lowest BCUT2D eigenvalue weighted by atomic mass is 9.81. The Morgan fingerprint density at radius 2 is 1.77 bits per heavy atom. The number of carbonyl (C=O) groups is 3. The molecule has 0 saturated carbocycles. The van der Waals surface area contributed by atoms with E-state index in [2.05, 4.69) is 0 Å². The van der Waals surface area contributed by atoms with Crippen LogP contribution in [0, 0.1) is 0 Å². The molecule has 1 N–H and O–H groups in total. The minimum atomic E-state index is -3.84. The molecular weight excluding hydrogens is 534 g/mol. The van der Waals surface area contributed by atoms with E-state index >= 15 is 0 Å². The molecule has 4 heterocycles. The Hall–Kier alpha value is -3.54. The third-order valence-electron chi connectivity index (χ3n) is 8.41. The minimum absolute atomic E-state index is 0.00134. The van der Waals surface area contributed by atoms with Crippen molar-refractivity contribution in [3.05, 3.63) is 65.2 Å². The van der Waals surface area contributed by atoms with Gasteiger partial charge in [0.05, 0.1) is 16.6 Å². The average molecular weight is 566 g/mol. The summed E-state index contributed by atoms with van der Waals surface area (Å²) in [6.45, 7) is 1.33. The zero-order valence-corrected chi connectivity index (χ0v) is 23.0. The maximum Gasteiger partial charge on any atom is 0.296 e. The molecule has 2 unspecified atom stereocenters. The van der Waals surface area contributed by atoms with Crippen molar-refractivity contribution in [1.29, 1.82) is 0 Å². The monoisotopic (exact) mass is 565 g/mol. The van der Waals surface area contributed by atoms with Crippen molar-refractivity contribution in [1.82, 2.24) is 9.21 Å². The first-order chi connectivity index (χ1) is 19.2. The quantitative estimate of drug-likeness (QED) is 0.336. The Balaban J connectivity index is 1.53. The zero-order valence-electron chi connectivity index (χ0n) is 22.2. The summed E-state index contributed by atoms with van der Waals surface area (Å²) < 4.78 is 33.9. The lowest BCUT2D eigenvalue weighted by molar-refractivity contribution is -0.145. The van der Waals surface area contributed by atoms with E-state index in [1.807, 2.05) is 0 Å². The molecule has 2 atom stereocenters. The van der Waals surface area contributed by atoms with Crippen LogP contribution in [0.3, 0.4) is 0 Å². The van der Waals surface area contributed by atoms with Crippen LogP contribution in [0.4, 0.5) is 5.69 Å². The molecule has 3 saturated heterocycles. The molecule has 11 heteroatoms. The normalized spacial score (nSPS) is 26.7. The van der Waals surface area contributed by atoms with Crippen LogP contribution in [-0.2, 0) is 34.7 Å². The number of hydrogen-bond donors (Lipinski definition) is 1. The van der Waals surface area contributed by atoms with Crippen LogP contribution >= 0.6 is 0 Å². The van der Waals surface area contributed by atoms with Gasteiger partial charge in [0.25, 0.3) is 17.6 Å². The van der Waals surface area contributed by atoms with Gasteiger partial charge in [0, 0.05) is 50.1 Å². The minimum Gasteiger partial charge on any atom is -0.507 e. The van der Waals surface area contributed by atoms with E-state index in [1.54, 1.807) is 31.3 Å². The molecule has 0 radical (unpaired) electrons. The molecule has 2 aromatic rings. The van der Waals surface area contributed by atoms with Gasteiger partial charge in [-0.25, -0.2) is 8.42 Å². The fraction of sp³-hybridized carbons (Fsp3) is 0.414. The van der Waals surface area contributed by atoms with Crippen molar-refractivity contribution in [3.63, 3.8) is 0 Å².